The van der Waals surface area contributed by atoms with E-state index < -0.39 is 23.7 Å². The Kier molecular flexibility index (Phi) is 8.40. The molecule has 1 aliphatic rings. The lowest BCUT2D eigenvalue weighted by molar-refractivity contribution is -0.257. The predicted octanol–water partition coefficient (Wildman–Crippen LogP) is 2.04. The molecule has 1 heterocycles. The highest BCUT2D eigenvalue weighted by molar-refractivity contribution is 5.84. The fourth-order valence-electron chi connectivity index (χ4n) is 3.14. The van der Waals surface area contributed by atoms with E-state index in [4.69, 9.17) is 4.74 Å². The van der Waals surface area contributed by atoms with E-state index in [1.165, 1.54) is 0 Å². The zero-order valence-electron chi connectivity index (χ0n) is 14.6. The normalized spacial score (nSPS) is 31.2. The van der Waals surface area contributed by atoms with Crippen molar-refractivity contribution in [2.75, 3.05) is 13.2 Å². The number of rotatable bonds is 9. The average molecular weight is 328 g/mol. The Hall–Kier alpha value is -0.750. The maximum atomic E-state index is 12.6. The van der Waals surface area contributed by atoms with Gasteiger partial charge in [-0.1, -0.05) is 26.0 Å². The van der Waals surface area contributed by atoms with E-state index >= 15 is 0 Å². The van der Waals surface area contributed by atoms with Gasteiger partial charge < -0.3 is 20.1 Å². The van der Waals surface area contributed by atoms with Crippen LogP contribution in [0.4, 0.5) is 0 Å². The Morgan fingerprint density at radius 3 is 2.70 bits per heavy atom. The third-order valence-electron chi connectivity index (χ3n) is 4.81. The van der Waals surface area contributed by atoms with Crippen molar-refractivity contribution in [3.63, 3.8) is 0 Å². The van der Waals surface area contributed by atoms with E-state index in [2.05, 4.69) is 13.0 Å². The Balaban J connectivity index is 2.59. The van der Waals surface area contributed by atoms with Gasteiger partial charge in [-0.2, -0.15) is 0 Å². The molecule has 5 atom stereocenters. The number of carbonyl (C=O) groups excluding carboxylic acids is 1. The summed E-state index contributed by atoms with van der Waals surface area (Å²) < 4.78 is 5.38. The second-order valence-corrected chi connectivity index (χ2v) is 6.76. The Morgan fingerprint density at radius 2 is 2.17 bits per heavy atom. The summed E-state index contributed by atoms with van der Waals surface area (Å²) in [5.74, 6) is -2.32. The van der Waals surface area contributed by atoms with E-state index in [1.807, 2.05) is 13.0 Å². The second kappa shape index (κ2) is 9.52. The van der Waals surface area contributed by atoms with E-state index in [1.54, 1.807) is 6.92 Å². The van der Waals surface area contributed by atoms with E-state index in [9.17, 15) is 20.1 Å². The van der Waals surface area contributed by atoms with Crippen LogP contribution in [0.5, 0.6) is 0 Å². The molecule has 0 amide bonds. The smallest absolute Gasteiger partial charge is 0.167 e. The molecule has 0 spiro atoms. The molecule has 5 unspecified atom stereocenters. The standard InChI is InChI=1S/C18H32O5/c1-4-6-7-8-13(3)9-14(11-19)17(21)15-12-23-18(22,5-2)10-16(15)20/h4,6,13-16,19-20,22H,5,7-12H2,1-3H3/b6-4-. The Morgan fingerprint density at radius 1 is 1.48 bits per heavy atom. The third kappa shape index (κ3) is 5.99. The minimum atomic E-state index is -1.34. The van der Waals surface area contributed by atoms with Crippen LogP contribution in [0.25, 0.3) is 0 Å². The molecule has 1 aliphatic heterocycles. The molecule has 0 aliphatic carbocycles. The Bertz CT molecular complexity index is 395. The van der Waals surface area contributed by atoms with Gasteiger partial charge >= 0.3 is 0 Å². The van der Waals surface area contributed by atoms with Crippen molar-refractivity contribution in [3.8, 4) is 0 Å². The van der Waals surface area contributed by atoms with E-state index in [0.717, 1.165) is 12.8 Å². The number of aliphatic hydroxyl groups is 3. The van der Waals surface area contributed by atoms with Crippen molar-refractivity contribution < 1.29 is 24.9 Å². The molecule has 134 valence electrons. The summed E-state index contributed by atoms with van der Waals surface area (Å²) >= 11 is 0. The van der Waals surface area contributed by atoms with Gasteiger partial charge in [0, 0.05) is 12.3 Å². The lowest BCUT2D eigenvalue weighted by Crippen LogP contribution is -2.50. The minimum absolute atomic E-state index is 0.00773. The summed E-state index contributed by atoms with van der Waals surface area (Å²) in [7, 11) is 0. The number of hydrogen-bond donors (Lipinski definition) is 3. The first-order valence-corrected chi connectivity index (χ1v) is 8.67. The first-order chi connectivity index (χ1) is 10.9. The molecule has 0 aromatic rings. The molecule has 0 saturated carbocycles. The average Bonchev–Trinajstić information content (AvgIpc) is 2.52. The van der Waals surface area contributed by atoms with Gasteiger partial charge in [0.2, 0.25) is 0 Å². The van der Waals surface area contributed by atoms with Gasteiger partial charge in [-0.05, 0) is 38.5 Å². The molecule has 5 heteroatoms. The SMILES string of the molecule is C/C=C\CCC(C)CC(CO)C(=O)C1COC(O)(CC)CC1O. The van der Waals surface area contributed by atoms with Crippen LogP contribution in [0.3, 0.4) is 0 Å². The van der Waals surface area contributed by atoms with E-state index in [0.29, 0.717) is 18.8 Å². The molecular formula is C18H32O5. The first kappa shape index (κ1) is 20.3. The number of carbonyl (C=O) groups is 1. The van der Waals surface area contributed by atoms with Crippen molar-refractivity contribution >= 4 is 5.78 Å². The van der Waals surface area contributed by atoms with Crippen molar-refractivity contribution in [2.45, 2.75) is 64.8 Å². The number of aliphatic hydroxyl groups excluding tert-OH is 2. The summed E-state index contributed by atoms with van der Waals surface area (Å²) in [6.07, 6.45) is 6.12. The number of ketones is 1. The van der Waals surface area contributed by atoms with Crippen molar-refractivity contribution in [1.29, 1.82) is 0 Å². The molecule has 0 radical (unpaired) electrons. The predicted molar refractivity (Wildman–Crippen MR) is 88.7 cm³/mol. The van der Waals surface area contributed by atoms with Crippen molar-refractivity contribution in [1.82, 2.24) is 0 Å². The molecule has 3 N–H and O–H groups in total. The van der Waals surface area contributed by atoms with Gasteiger partial charge in [0.15, 0.2) is 5.79 Å². The van der Waals surface area contributed by atoms with Gasteiger partial charge in [-0.3, -0.25) is 4.79 Å². The lowest BCUT2D eigenvalue weighted by atomic mass is 9.80. The zero-order valence-corrected chi connectivity index (χ0v) is 14.6. The van der Waals surface area contributed by atoms with Crippen LogP contribution >= 0.6 is 0 Å². The summed E-state index contributed by atoms with van der Waals surface area (Å²) in [5.41, 5.74) is 0. The molecule has 1 saturated heterocycles. The molecule has 0 aromatic carbocycles. The summed E-state index contributed by atoms with van der Waals surface area (Å²) in [6.45, 7) is 5.62. The zero-order chi connectivity index (χ0) is 17.5. The van der Waals surface area contributed by atoms with Gasteiger partial charge in [0.05, 0.1) is 25.2 Å². The number of Topliss-reactive ketones (excluding diaryl/α,β-unsaturated/α-hetero) is 1. The van der Waals surface area contributed by atoms with Crippen LogP contribution < -0.4 is 0 Å². The molecule has 1 fully saturated rings. The van der Waals surface area contributed by atoms with Crippen molar-refractivity contribution in [3.05, 3.63) is 12.2 Å². The summed E-state index contributed by atoms with van der Waals surface area (Å²) in [6, 6.07) is 0. The highest BCUT2D eigenvalue weighted by atomic mass is 16.6. The molecule has 23 heavy (non-hydrogen) atoms. The van der Waals surface area contributed by atoms with Gasteiger partial charge in [-0.25, -0.2) is 0 Å². The third-order valence-corrected chi connectivity index (χ3v) is 4.81. The molecule has 1 rings (SSSR count). The van der Waals surface area contributed by atoms with Crippen LogP contribution in [0.1, 0.15) is 52.9 Å². The summed E-state index contributed by atoms with van der Waals surface area (Å²) in [4.78, 5) is 12.6. The molecule has 0 aromatic heterocycles. The minimum Gasteiger partial charge on any atom is -0.396 e. The van der Waals surface area contributed by atoms with Gasteiger partial charge in [0.25, 0.3) is 0 Å². The van der Waals surface area contributed by atoms with Gasteiger partial charge in [0.1, 0.15) is 5.78 Å². The molecule has 0 bridgehead atoms. The highest BCUT2D eigenvalue weighted by Gasteiger charge is 2.43. The van der Waals surface area contributed by atoms with Crippen LogP contribution in [-0.2, 0) is 9.53 Å². The van der Waals surface area contributed by atoms with Crippen LogP contribution in [0.15, 0.2) is 12.2 Å². The topological polar surface area (TPSA) is 87.0 Å². The number of hydrogen-bond acceptors (Lipinski definition) is 5. The molecular weight excluding hydrogens is 296 g/mol. The van der Waals surface area contributed by atoms with Crippen LogP contribution in [0, 0.1) is 17.8 Å². The van der Waals surface area contributed by atoms with Crippen LogP contribution in [0.2, 0.25) is 0 Å². The second-order valence-electron chi connectivity index (χ2n) is 6.76. The fourth-order valence-corrected chi connectivity index (χ4v) is 3.14. The first-order valence-electron chi connectivity index (χ1n) is 8.67. The number of ether oxygens (including phenoxy) is 1. The van der Waals surface area contributed by atoms with E-state index in [-0.39, 0.29) is 25.4 Å². The monoisotopic (exact) mass is 328 g/mol. The highest BCUT2D eigenvalue weighted by Crippen LogP contribution is 2.32. The van der Waals surface area contributed by atoms with Gasteiger partial charge in [-0.15, -0.1) is 0 Å². The van der Waals surface area contributed by atoms with Crippen LogP contribution in [-0.4, -0.2) is 46.2 Å². The fraction of sp³-hybridized carbons (Fsp3) is 0.833. The largest absolute Gasteiger partial charge is 0.396 e. The maximum absolute atomic E-state index is 12.6. The number of allylic oxidation sites excluding steroid dienone is 2. The lowest BCUT2D eigenvalue weighted by Gasteiger charge is -2.39. The Labute approximate surface area is 139 Å². The summed E-state index contributed by atoms with van der Waals surface area (Å²) in [5, 5.41) is 29.8. The molecule has 5 nitrogen and oxygen atoms in total. The quantitative estimate of drug-likeness (QED) is 0.564. The maximum Gasteiger partial charge on any atom is 0.167 e. The van der Waals surface area contributed by atoms with Crippen molar-refractivity contribution in [2.24, 2.45) is 17.8 Å².